The molecule has 0 unspecified atom stereocenters. The Morgan fingerprint density at radius 2 is 2.24 bits per heavy atom. The molecule has 0 bridgehead atoms. The van der Waals surface area contributed by atoms with Crippen molar-refractivity contribution in [3.05, 3.63) is 35.3 Å². The van der Waals surface area contributed by atoms with Crippen molar-refractivity contribution in [1.29, 1.82) is 0 Å². The maximum Gasteiger partial charge on any atom is 0.252 e. The molecule has 2 aromatic rings. The largest absolute Gasteiger partial charge is 0.365 e. The third-order valence-electron chi connectivity index (χ3n) is 2.94. The van der Waals surface area contributed by atoms with E-state index in [0.717, 1.165) is 17.8 Å². The van der Waals surface area contributed by atoms with Gasteiger partial charge in [-0.1, -0.05) is 20.8 Å². The molecule has 0 saturated heterocycles. The van der Waals surface area contributed by atoms with Crippen molar-refractivity contribution in [2.45, 2.75) is 33.1 Å². The molecule has 2 heterocycles. The minimum absolute atomic E-state index is 0.334. The Morgan fingerprint density at radius 3 is 2.76 bits per heavy atom. The minimum atomic E-state index is -0.428. The van der Waals surface area contributed by atoms with E-state index in [0.29, 0.717) is 17.1 Å². The van der Waals surface area contributed by atoms with Gasteiger partial charge in [0.05, 0.1) is 5.56 Å². The number of carbonyl (C=O) groups excluding carboxylic acids is 1. The molecule has 0 aliphatic heterocycles. The van der Waals surface area contributed by atoms with Crippen LogP contribution in [0.15, 0.2) is 18.3 Å². The first-order valence-corrected chi connectivity index (χ1v) is 5.85. The molecule has 4 heteroatoms. The summed E-state index contributed by atoms with van der Waals surface area (Å²) in [6.45, 7) is 6.26. The second-order valence-corrected chi connectivity index (χ2v) is 4.47. The number of carbonyl (C=O) groups is 1. The van der Waals surface area contributed by atoms with Gasteiger partial charge in [-0.3, -0.25) is 4.79 Å². The third kappa shape index (κ3) is 1.90. The molecule has 2 aromatic heterocycles. The zero-order valence-corrected chi connectivity index (χ0v) is 10.4. The predicted molar refractivity (Wildman–Crippen MR) is 67.2 cm³/mol. The molecule has 90 valence electrons. The van der Waals surface area contributed by atoms with Gasteiger partial charge in [0.1, 0.15) is 5.65 Å². The van der Waals surface area contributed by atoms with Crippen LogP contribution >= 0.6 is 0 Å². The lowest BCUT2D eigenvalue weighted by Crippen LogP contribution is -2.12. The lowest BCUT2D eigenvalue weighted by Gasteiger charge is -2.10. The first-order valence-electron chi connectivity index (χ1n) is 5.85. The van der Waals surface area contributed by atoms with E-state index in [1.807, 2.05) is 10.6 Å². The monoisotopic (exact) mass is 231 g/mol. The average molecular weight is 231 g/mol. The molecule has 4 nitrogen and oxygen atoms in total. The molecule has 0 saturated carbocycles. The molecule has 17 heavy (non-hydrogen) atoms. The van der Waals surface area contributed by atoms with Gasteiger partial charge in [-0.2, -0.15) is 0 Å². The van der Waals surface area contributed by atoms with Crippen molar-refractivity contribution in [3.8, 4) is 0 Å². The van der Waals surface area contributed by atoms with E-state index >= 15 is 0 Å². The molecule has 0 atom stereocenters. The predicted octanol–water partition coefficient (Wildman–Crippen LogP) is 2.12. The number of fused-ring (bicyclic) bond motifs is 1. The van der Waals surface area contributed by atoms with Crippen LogP contribution < -0.4 is 5.73 Å². The fourth-order valence-electron chi connectivity index (χ4n) is 1.93. The molecule has 0 fully saturated rings. The fourth-order valence-corrected chi connectivity index (χ4v) is 1.93. The summed E-state index contributed by atoms with van der Waals surface area (Å²) in [7, 11) is 0. The number of aryl methyl sites for hydroxylation is 1. The van der Waals surface area contributed by atoms with E-state index in [1.165, 1.54) is 0 Å². The zero-order chi connectivity index (χ0) is 12.6. The minimum Gasteiger partial charge on any atom is -0.365 e. The van der Waals surface area contributed by atoms with Gasteiger partial charge >= 0.3 is 0 Å². The first kappa shape index (κ1) is 11.6. The highest BCUT2D eigenvalue weighted by molar-refractivity contribution is 5.99. The third-order valence-corrected chi connectivity index (χ3v) is 2.94. The highest BCUT2D eigenvalue weighted by Gasteiger charge is 2.13. The number of amides is 1. The van der Waals surface area contributed by atoms with Crippen LogP contribution in [0.3, 0.4) is 0 Å². The SMILES string of the molecule is CCc1cc(C(C)C)nc2c(C(N)=O)ccn12. The summed E-state index contributed by atoms with van der Waals surface area (Å²) in [4.78, 5) is 15.9. The van der Waals surface area contributed by atoms with Gasteiger partial charge in [0.15, 0.2) is 0 Å². The summed E-state index contributed by atoms with van der Waals surface area (Å²) in [6, 6.07) is 3.82. The summed E-state index contributed by atoms with van der Waals surface area (Å²) in [5.41, 5.74) is 8.65. The van der Waals surface area contributed by atoms with Crippen LogP contribution in [-0.4, -0.2) is 15.3 Å². The van der Waals surface area contributed by atoms with Crippen LogP contribution in [0.1, 0.15) is 48.4 Å². The lowest BCUT2D eigenvalue weighted by molar-refractivity contribution is 0.100. The van der Waals surface area contributed by atoms with Crippen molar-refractivity contribution < 1.29 is 4.79 Å². The molecule has 0 aliphatic carbocycles. The van der Waals surface area contributed by atoms with Gasteiger partial charge in [-0.25, -0.2) is 4.98 Å². The number of hydrogen-bond acceptors (Lipinski definition) is 2. The second kappa shape index (κ2) is 4.20. The maximum atomic E-state index is 11.3. The van der Waals surface area contributed by atoms with Crippen LogP contribution in [0, 0.1) is 0 Å². The molecule has 2 N–H and O–H groups in total. The normalized spacial score (nSPS) is 11.3. The standard InChI is InChI=1S/C13H17N3O/c1-4-9-7-11(8(2)3)15-13-10(12(14)17)5-6-16(9)13/h5-8H,4H2,1-3H3,(H2,14,17). The van der Waals surface area contributed by atoms with Crippen molar-refractivity contribution in [2.75, 3.05) is 0 Å². The Balaban J connectivity index is 2.76. The summed E-state index contributed by atoms with van der Waals surface area (Å²) >= 11 is 0. The van der Waals surface area contributed by atoms with Crippen LogP contribution in [0.25, 0.3) is 5.65 Å². The van der Waals surface area contributed by atoms with Gasteiger partial charge in [0.25, 0.3) is 5.91 Å². The lowest BCUT2D eigenvalue weighted by atomic mass is 10.1. The number of hydrogen-bond donors (Lipinski definition) is 1. The van der Waals surface area contributed by atoms with Crippen molar-refractivity contribution in [1.82, 2.24) is 9.38 Å². The highest BCUT2D eigenvalue weighted by Crippen LogP contribution is 2.19. The van der Waals surface area contributed by atoms with E-state index in [9.17, 15) is 4.79 Å². The maximum absolute atomic E-state index is 11.3. The fraction of sp³-hybridized carbons (Fsp3) is 0.385. The number of nitrogens with two attached hydrogens (primary N) is 1. The zero-order valence-electron chi connectivity index (χ0n) is 10.4. The van der Waals surface area contributed by atoms with Gasteiger partial charge in [0.2, 0.25) is 0 Å². The van der Waals surface area contributed by atoms with Crippen molar-refractivity contribution >= 4 is 11.6 Å². The Hall–Kier alpha value is -1.84. The number of rotatable bonds is 3. The van der Waals surface area contributed by atoms with Gasteiger partial charge in [0, 0.05) is 17.6 Å². The first-order chi connectivity index (χ1) is 8.04. The number of primary amides is 1. The van der Waals surface area contributed by atoms with Crippen molar-refractivity contribution in [3.63, 3.8) is 0 Å². The molecule has 0 radical (unpaired) electrons. The molecular formula is C13H17N3O. The van der Waals surface area contributed by atoms with Gasteiger partial charge in [-0.05, 0) is 24.5 Å². The summed E-state index contributed by atoms with van der Waals surface area (Å²) in [5.74, 6) is -0.0936. The molecule has 2 rings (SSSR count). The topological polar surface area (TPSA) is 60.4 Å². The second-order valence-electron chi connectivity index (χ2n) is 4.47. The molecular weight excluding hydrogens is 214 g/mol. The van der Waals surface area contributed by atoms with Crippen LogP contribution in [0.4, 0.5) is 0 Å². The van der Waals surface area contributed by atoms with Gasteiger partial charge in [-0.15, -0.1) is 0 Å². The Bertz CT molecular complexity index is 569. The van der Waals surface area contributed by atoms with Crippen molar-refractivity contribution in [2.24, 2.45) is 5.73 Å². The molecule has 0 spiro atoms. The van der Waals surface area contributed by atoms with E-state index in [1.54, 1.807) is 6.07 Å². The van der Waals surface area contributed by atoms with Gasteiger partial charge < -0.3 is 10.1 Å². The average Bonchev–Trinajstić information content (AvgIpc) is 2.70. The van der Waals surface area contributed by atoms with E-state index in [2.05, 4.69) is 31.8 Å². The molecule has 0 aromatic carbocycles. The quantitative estimate of drug-likeness (QED) is 0.879. The Kier molecular flexibility index (Phi) is 2.88. The van der Waals surface area contributed by atoms with E-state index in [4.69, 9.17) is 5.73 Å². The molecule has 1 amide bonds. The number of nitrogens with zero attached hydrogens (tertiary/aromatic N) is 2. The van der Waals surface area contributed by atoms with Crippen LogP contribution in [-0.2, 0) is 6.42 Å². The Morgan fingerprint density at radius 1 is 1.53 bits per heavy atom. The number of aromatic nitrogens is 2. The van der Waals surface area contributed by atoms with Crippen LogP contribution in [0.2, 0.25) is 0 Å². The van der Waals surface area contributed by atoms with Crippen LogP contribution in [0.5, 0.6) is 0 Å². The van der Waals surface area contributed by atoms with E-state index < -0.39 is 5.91 Å². The summed E-state index contributed by atoms with van der Waals surface area (Å²) in [5, 5.41) is 0. The highest BCUT2D eigenvalue weighted by atomic mass is 16.1. The summed E-state index contributed by atoms with van der Waals surface area (Å²) in [6.07, 6.45) is 2.75. The van der Waals surface area contributed by atoms with E-state index in [-0.39, 0.29) is 0 Å². The molecule has 0 aliphatic rings. The summed E-state index contributed by atoms with van der Waals surface area (Å²) < 4.78 is 1.94. The Labute approximate surface area is 100 Å². The smallest absolute Gasteiger partial charge is 0.252 e.